The Bertz CT molecular complexity index is 907. The number of hydrogen-bond acceptors (Lipinski definition) is 3. The predicted octanol–water partition coefficient (Wildman–Crippen LogP) is 4.76. The summed E-state index contributed by atoms with van der Waals surface area (Å²) >= 11 is 0. The normalized spacial score (nSPS) is 11.5. The molecule has 0 atom stereocenters. The zero-order valence-electron chi connectivity index (χ0n) is 15.0. The molecule has 5 heteroatoms. The Kier molecular flexibility index (Phi) is 4.49. The molecule has 0 bridgehead atoms. The lowest BCUT2D eigenvalue weighted by Gasteiger charge is -2.11. The first kappa shape index (κ1) is 17.0. The lowest BCUT2D eigenvalue weighted by molar-refractivity contribution is 0.251. The minimum absolute atomic E-state index is 0.155. The van der Waals surface area contributed by atoms with Gasteiger partial charge in [0.05, 0.1) is 0 Å². The number of nitrogens with one attached hydrogen (secondary N) is 2. The Labute approximate surface area is 147 Å². The molecule has 0 unspecified atom stereocenters. The van der Waals surface area contributed by atoms with E-state index in [9.17, 15) is 4.79 Å². The number of anilines is 1. The minimum Gasteiger partial charge on any atom is -0.440 e. The van der Waals surface area contributed by atoms with Crippen LogP contribution in [0.5, 0.6) is 0 Å². The number of benzene rings is 2. The molecule has 0 saturated carbocycles. The van der Waals surface area contributed by atoms with Crippen molar-refractivity contribution in [1.29, 1.82) is 0 Å². The van der Waals surface area contributed by atoms with Crippen LogP contribution in [0.15, 0.2) is 46.9 Å². The van der Waals surface area contributed by atoms with Gasteiger partial charge in [0, 0.05) is 17.6 Å². The number of urea groups is 1. The average Bonchev–Trinajstić information content (AvgIpc) is 2.98. The number of aryl methyl sites for hydroxylation is 1. The van der Waals surface area contributed by atoms with E-state index < -0.39 is 0 Å². The van der Waals surface area contributed by atoms with Gasteiger partial charge >= 0.3 is 6.03 Å². The maximum Gasteiger partial charge on any atom is 0.319 e. The lowest BCUT2D eigenvalue weighted by atomic mass is 9.97. The first-order valence-electron chi connectivity index (χ1n) is 8.33. The third-order valence-electron chi connectivity index (χ3n) is 3.99. The number of carbonyl (C=O) groups is 1. The van der Waals surface area contributed by atoms with Crippen LogP contribution in [0.2, 0.25) is 0 Å². The third-order valence-corrected chi connectivity index (χ3v) is 3.99. The Morgan fingerprint density at radius 3 is 2.64 bits per heavy atom. The summed E-state index contributed by atoms with van der Waals surface area (Å²) in [6.07, 6.45) is 0. The molecule has 0 aliphatic rings. The van der Waals surface area contributed by atoms with Crippen LogP contribution in [0, 0.1) is 6.92 Å². The van der Waals surface area contributed by atoms with E-state index in [1.165, 1.54) is 0 Å². The quantitative estimate of drug-likeness (QED) is 0.724. The van der Waals surface area contributed by atoms with Crippen molar-refractivity contribution < 1.29 is 9.21 Å². The van der Waals surface area contributed by atoms with Crippen LogP contribution in [0.4, 0.5) is 10.5 Å². The fraction of sp³-hybridized carbons (Fsp3) is 0.300. The van der Waals surface area contributed by atoms with Gasteiger partial charge in [-0.1, -0.05) is 45.0 Å². The molecule has 1 heterocycles. The largest absolute Gasteiger partial charge is 0.440 e. The number of aromatic nitrogens is 1. The number of carbonyl (C=O) groups excluding carboxylic acids is 1. The van der Waals surface area contributed by atoms with Crippen molar-refractivity contribution in [3.8, 4) is 0 Å². The summed E-state index contributed by atoms with van der Waals surface area (Å²) in [5.41, 5.74) is 4.24. The van der Waals surface area contributed by atoms with Crippen molar-refractivity contribution >= 4 is 22.8 Å². The van der Waals surface area contributed by atoms with Gasteiger partial charge in [-0.15, -0.1) is 0 Å². The molecular weight excluding hydrogens is 314 g/mol. The zero-order chi connectivity index (χ0) is 18.0. The average molecular weight is 337 g/mol. The predicted molar refractivity (Wildman–Crippen MR) is 99.7 cm³/mol. The number of fused-ring (bicyclic) bond motifs is 1. The number of rotatable bonds is 3. The van der Waals surface area contributed by atoms with Gasteiger partial charge in [0.2, 0.25) is 5.89 Å². The van der Waals surface area contributed by atoms with Crippen LogP contribution >= 0.6 is 0 Å². The molecule has 0 fully saturated rings. The molecule has 0 spiro atoms. The summed E-state index contributed by atoms with van der Waals surface area (Å²) in [5.74, 6) is 0.684. The van der Waals surface area contributed by atoms with Gasteiger partial charge in [-0.3, -0.25) is 0 Å². The van der Waals surface area contributed by atoms with E-state index in [0.29, 0.717) is 18.1 Å². The molecular formula is C20H23N3O2. The van der Waals surface area contributed by atoms with Crippen molar-refractivity contribution in [2.45, 2.75) is 39.7 Å². The molecule has 0 aliphatic carbocycles. The van der Waals surface area contributed by atoms with Crippen molar-refractivity contribution in [2.24, 2.45) is 0 Å². The van der Waals surface area contributed by atoms with Crippen molar-refractivity contribution in [1.82, 2.24) is 10.3 Å². The van der Waals surface area contributed by atoms with E-state index in [2.05, 4.69) is 36.4 Å². The monoisotopic (exact) mass is 337 g/mol. The van der Waals surface area contributed by atoms with Crippen LogP contribution in [0.3, 0.4) is 0 Å². The summed E-state index contributed by atoms with van der Waals surface area (Å²) in [6, 6.07) is 13.2. The van der Waals surface area contributed by atoms with Gasteiger partial charge < -0.3 is 15.1 Å². The molecule has 0 radical (unpaired) electrons. The number of amides is 2. The van der Waals surface area contributed by atoms with E-state index in [4.69, 9.17) is 4.42 Å². The zero-order valence-corrected chi connectivity index (χ0v) is 15.0. The summed E-state index contributed by atoms with van der Waals surface area (Å²) in [4.78, 5) is 16.7. The van der Waals surface area contributed by atoms with E-state index in [1.54, 1.807) is 0 Å². The molecule has 1 aromatic heterocycles. The minimum atomic E-state index is -0.248. The van der Waals surface area contributed by atoms with Gasteiger partial charge in [-0.2, -0.15) is 0 Å². The standard InChI is InChI=1S/C20H23N3O2/c1-13-7-5-6-8-14(13)12-21-19(24)22-15-9-10-17-16(11-15)23-18(25-17)20(2,3)4/h5-11H,12H2,1-4H3,(H2,21,22,24). The second-order valence-electron chi connectivity index (χ2n) is 7.19. The molecule has 2 amide bonds. The van der Waals surface area contributed by atoms with Crippen LogP contribution < -0.4 is 10.6 Å². The molecule has 2 N–H and O–H groups in total. The Morgan fingerprint density at radius 1 is 1.16 bits per heavy atom. The van der Waals surface area contributed by atoms with Crippen molar-refractivity contribution in [3.63, 3.8) is 0 Å². The van der Waals surface area contributed by atoms with E-state index in [1.807, 2.05) is 49.4 Å². The van der Waals surface area contributed by atoms with Gasteiger partial charge in [-0.05, 0) is 36.2 Å². The molecule has 130 valence electrons. The summed E-state index contributed by atoms with van der Waals surface area (Å²) < 4.78 is 5.77. The van der Waals surface area contributed by atoms with Crippen LogP contribution in [-0.4, -0.2) is 11.0 Å². The SMILES string of the molecule is Cc1ccccc1CNC(=O)Nc1ccc2oc(C(C)(C)C)nc2c1. The highest BCUT2D eigenvalue weighted by molar-refractivity contribution is 5.91. The van der Waals surface area contributed by atoms with Gasteiger partial charge in [0.15, 0.2) is 5.58 Å². The highest BCUT2D eigenvalue weighted by atomic mass is 16.3. The summed E-state index contributed by atoms with van der Waals surface area (Å²) in [7, 11) is 0. The maximum absolute atomic E-state index is 12.1. The topological polar surface area (TPSA) is 67.2 Å². The van der Waals surface area contributed by atoms with E-state index >= 15 is 0 Å². The Hall–Kier alpha value is -2.82. The van der Waals surface area contributed by atoms with Gasteiger partial charge in [-0.25, -0.2) is 9.78 Å². The molecule has 5 nitrogen and oxygen atoms in total. The molecule has 0 saturated heterocycles. The first-order chi connectivity index (χ1) is 11.8. The second-order valence-corrected chi connectivity index (χ2v) is 7.19. The van der Waals surface area contributed by atoms with Gasteiger partial charge in [0.1, 0.15) is 5.52 Å². The highest BCUT2D eigenvalue weighted by Crippen LogP contribution is 2.27. The smallest absolute Gasteiger partial charge is 0.319 e. The van der Waals surface area contributed by atoms with Crippen molar-refractivity contribution in [2.75, 3.05) is 5.32 Å². The molecule has 25 heavy (non-hydrogen) atoms. The number of nitrogens with zero attached hydrogens (tertiary/aromatic N) is 1. The summed E-state index contributed by atoms with van der Waals surface area (Å²) in [6.45, 7) is 8.67. The molecule has 2 aromatic carbocycles. The van der Waals surface area contributed by atoms with Crippen molar-refractivity contribution in [3.05, 3.63) is 59.5 Å². The Balaban J connectivity index is 1.68. The van der Waals surface area contributed by atoms with Crippen LogP contribution in [0.1, 0.15) is 37.8 Å². The fourth-order valence-electron chi connectivity index (χ4n) is 2.49. The lowest BCUT2D eigenvalue weighted by Crippen LogP contribution is -2.28. The van der Waals surface area contributed by atoms with E-state index in [-0.39, 0.29) is 11.4 Å². The maximum atomic E-state index is 12.1. The highest BCUT2D eigenvalue weighted by Gasteiger charge is 2.21. The Morgan fingerprint density at radius 2 is 1.92 bits per heavy atom. The first-order valence-corrected chi connectivity index (χ1v) is 8.33. The fourth-order valence-corrected chi connectivity index (χ4v) is 2.49. The second kappa shape index (κ2) is 6.59. The molecule has 0 aliphatic heterocycles. The van der Waals surface area contributed by atoms with Gasteiger partial charge in [0.25, 0.3) is 0 Å². The molecule has 3 rings (SSSR count). The number of oxazole rings is 1. The number of hydrogen-bond donors (Lipinski definition) is 2. The summed E-state index contributed by atoms with van der Waals surface area (Å²) in [5, 5.41) is 5.71. The molecule has 3 aromatic rings. The van der Waals surface area contributed by atoms with Crippen LogP contribution in [0.25, 0.3) is 11.1 Å². The third kappa shape index (κ3) is 3.99. The van der Waals surface area contributed by atoms with E-state index in [0.717, 1.165) is 22.2 Å². The van der Waals surface area contributed by atoms with Crippen LogP contribution in [-0.2, 0) is 12.0 Å².